The molecule has 4 fully saturated rings. The molecule has 8 heterocycles. The van der Waals surface area contributed by atoms with Crippen molar-refractivity contribution >= 4 is 74.3 Å². The number of nitrogens with zero attached hydrogens (tertiary/aromatic N) is 13. The monoisotopic (exact) mass is 1240 g/mol. The number of aliphatic carboxylic acids is 3. The number of likely N-dealkylation sites (N-methyl/N-ethyl adjacent to an activating group) is 2. The van der Waals surface area contributed by atoms with Crippen LogP contribution in [0.4, 0.5) is 23.0 Å². The number of ether oxygens (including phenoxy) is 2. The fourth-order valence-electron chi connectivity index (χ4n) is 11.9. The van der Waals surface area contributed by atoms with Gasteiger partial charge in [-0.05, 0) is 108 Å². The number of carboxylic acid groups (broad SMARTS) is 3. The second-order valence-corrected chi connectivity index (χ2v) is 23.8. The van der Waals surface area contributed by atoms with Gasteiger partial charge in [0, 0.05) is 126 Å². The van der Waals surface area contributed by atoms with Crippen molar-refractivity contribution < 1.29 is 39.2 Å². The van der Waals surface area contributed by atoms with Crippen LogP contribution in [0.25, 0.3) is 44.6 Å². The first-order chi connectivity index (χ1) is 42.8. The van der Waals surface area contributed by atoms with Gasteiger partial charge >= 0.3 is 0 Å². The normalized spacial score (nSPS) is 19.0. The van der Waals surface area contributed by atoms with Crippen LogP contribution in [0.2, 0.25) is 0 Å². The van der Waals surface area contributed by atoms with Gasteiger partial charge in [0.25, 0.3) is 17.9 Å². The molecular weight excluding hydrogens is 1160 g/mol. The zero-order chi connectivity index (χ0) is 63.7. The summed E-state index contributed by atoms with van der Waals surface area (Å²) < 4.78 is 15.7. The van der Waals surface area contributed by atoms with Gasteiger partial charge in [-0.2, -0.15) is 15.3 Å². The Hall–Kier alpha value is -8.50. The molecule has 2 aliphatic heterocycles. The first-order valence-corrected chi connectivity index (χ1v) is 31.0. The number of methoxy groups -OCH3 is 2. The minimum absolute atomic E-state index is 0.292. The van der Waals surface area contributed by atoms with E-state index in [-0.39, 0.29) is 0 Å². The molecule has 8 aromatic rings. The van der Waals surface area contributed by atoms with Crippen molar-refractivity contribution in [2.45, 2.75) is 116 Å². The zero-order valence-electron chi connectivity index (χ0n) is 52.2. The van der Waals surface area contributed by atoms with Crippen molar-refractivity contribution in [2.75, 3.05) is 103 Å². The molecule has 2 saturated heterocycles. The topological polar surface area (TPSA) is 335 Å². The van der Waals surface area contributed by atoms with Gasteiger partial charge in [0.2, 0.25) is 0 Å². The van der Waals surface area contributed by atoms with E-state index in [9.17, 15) is 0 Å². The number of fused-ring (bicyclic) bond motifs is 2. The lowest BCUT2D eigenvalue weighted by Gasteiger charge is -2.41. The predicted octanol–water partition coefficient (Wildman–Crippen LogP) is 8.22. The van der Waals surface area contributed by atoms with Crippen molar-refractivity contribution in [3.8, 4) is 34.0 Å². The van der Waals surface area contributed by atoms with Gasteiger partial charge in [0.15, 0.2) is 11.3 Å². The zero-order valence-corrected chi connectivity index (χ0v) is 53.0. The first kappa shape index (κ1) is 66.5. The Morgan fingerprint density at radius 2 is 1.01 bits per heavy atom. The third kappa shape index (κ3) is 17.6. The highest BCUT2D eigenvalue weighted by Crippen LogP contribution is 2.41. The van der Waals surface area contributed by atoms with Crippen LogP contribution in [0.3, 0.4) is 0 Å². The van der Waals surface area contributed by atoms with Crippen LogP contribution in [0.15, 0.2) is 72.8 Å². The lowest BCUT2D eigenvalue weighted by Crippen LogP contribution is -2.49. The van der Waals surface area contributed by atoms with Crippen LogP contribution < -0.4 is 31.6 Å². The number of nitrogens with one attached hydrogen (secondary N) is 3. The van der Waals surface area contributed by atoms with E-state index in [0.717, 1.165) is 158 Å². The van der Waals surface area contributed by atoms with Crippen LogP contribution in [-0.2, 0) is 27.5 Å². The number of benzene rings is 2. The third-order valence-electron chi connectivity index (χ3n) is 16.6. The summed E-state index contributed by atoms with van der Waals surface area (Å²) in [6.07, 6.45) is 14.0. The maximum Gasteiger partial charge on any atom is 0.300 e. The Morgan fingerprint density at radius 1 is 0.607 bits per heavy atom. The first-order valence-electron chi connectivity index (χ1n) is 30.1. The standard InChI is InChI=1S/C28H38N10O.C28H36N8OS.3C2H4O2/c1-18-20(16-33-34-18)15-30-23-9-4-19(14-24(23)39-3)26-25-27(29)31-17-32-28(25)38(35-26)22-7-5-21(6-8-22)37-12-10-36(2)11-13-37;1-34-11-13-35(14-12-34)20-6-8-21(9-7-20)36-28-25(27(29)31-18-32-28)26(33-36)19-5-10-23(24(16-19)37-2)30-17-22-4-3-15-38-22;3*1-2(3)4/h4,9,14,16-17,21-22,30H,5-8,10-13,15H2,1-3H3,(H,33,34)(H2,29,31,32);3-5,10,15-16,18,20-21,30H,6-9,11-14,17H2,1-2H3,(H2,29,31,32);3*1H3,(H,3,4). The molecule has 2 saturated carbocycles. The predicted molar refractivity (Wildman–Crippen MR) is 346 cm³/mol. The number of nitrogen functional groups attached to an aromatic ring is 2. The molecule has 0 amide bonds. The van der Waals surface area contributed by atoms with Crippen LogP contribution in [0.1, 0.15) is 100 Å². The number of hydrogen-bond donors (Lipinski definition) is 8. The van der Waals surface area contributed by atoms with E-state index < -0.39 is 17.9 Å². The minimum atomic E-state index is -0.833. The second-order valence-electron chi connectivity index (χ2n) is 22.8. The molecule has 0 unspecified atom stereocenters. The van der Waals surface area contributed by atoms with Gasteiger partial charge < -0.3 is 56.7 Å². The molecule has 478 valence electrons. The fourth-order valence-corrected chi connectivity index (χ4v) is 12.6. The van der Waals surface area contributed by atoms with E-state index >= 15 is 0 Å². The number of H-pyrrole nitrogens is 1. The smallest absolute Gasteiger partial charge is 0.300 e. The van der Waals surface area contributed by atoms with Gasteiger partial charge in [0.1, 0.15) is 47.2 Å². The number of aromatic amines is 1. The van der Waals surface area contributed by atoms with E-state index in [4.69, 9.17) is 60.8 Å². The third-order valence-corrected chi connectivity index (χ3v) is 17.4. The summed E-state index contributed by atoms with van der Waals surface area (Å²) in [4.78, 5) is 56.4. The molecule has 0 spiro atoms. The number of aryl methyl sites for hydroxylation is 1. The number of aromatic nitrogens is 10. The average Bonchev–Trinajstić information content (AvgIpc) is 1.72. The van der Waals surface area contributed by atoms with Crippen molar-refractivity contribution in [2.24, 2.45) is 0 Å². The SMILES string of the molecule is CC(=O)O.CC(=O)O.CC(=O)O.COc1cc(-c2nn(C3CCC(N4CCN(C)CC4)CC3)c3ncnc(N)c23)ccc1NCc1cccs1.COc1cc(-c2nn(C3CCC(N4CCN(C)CC4)CC3)c3ncnc(N)c23)ccc1NCc1cn[nH]c1C. The van der Waals surface area contributed by atoms with Gasteiger partial charge in [-0.15, -0.1) is 11.3 Å². The number of anilines is 4. The van der Waals surface area contributed by atoms with Crippen LogP contribution in [-0.4, -0.2) is 195 Å². The summed E-state index contributed by atoms with van der Waals surface area (Å²) in [7, 11) is 7.81. The van der Waals surface area contributed by atoms with Crippen molar-refractivity contribution in [3.63, 3.8) is 0 Å². The molecule has 4 aliphatic rings. The van der Waals surface area contributed by atoms with Crippen LogP contribution in [0, 0.1) is 6.92 Å². The summed E-state index contributed by atoms with van der Waals surface area (Å²) in [6, 6.07) is 18.3. The number of nitrogens with two attached hydrogens (primary N) is 2. The van der Waals surface area contributed by atoms with Crippen LogP contribution >= 0.6 is 11.3 Å². The second kappa shape index (κ2) is 31.6. The summed E-state index contributed by atoms with van der Waals surface area (Å²) in [5.74, 6) is -0.0884. The molecule has 89 heavy (non-hydrogen) atoms. The molecular formula is C62H86N18O8S. The van der Waals surface area contributed by atoms with E-state index in [0.29, 0.717) is 42.3 Å². The molecule has 10 N–H and O–H groups in total. The van der Waals surface area contributed by atoms with Gasteiger partial charge in [-0.1, -0.05) is 18.2 Å². The summed E-state index contributed by atoms with van der Waals surface area (Å²) in [6.45, 7) is 16.0. The highest BCUT2D eigenvalue weighted by atomic mass is 32.1. The van der Waals surface area contributed by atoms with Crippen molar-refractivity contribution in [3.05, 3.63) is 88.9 Å². The Kier molecular flexibility index (Phi) is 23.6. The molecule has 27 heteroatoms. The van der Waals surface area contributed by atoms with E-state index in [1.54, 1.807) is 38.2 Å². The lowest BCUT2D eigenvalue weighted by molar-refractivity contribution is -0.135. The average molecular weight is 1240 g/mol. The van der Waals surface area contributed by atoms with Crippen LogP contribution in [0.5, 0.6) is 11.5 Å². The highest BCUT2D eigenvalue weighted by Gasteiger charge is 2.33. The molecule has 12 rings (SSSR count). The fraction of sp³-hybridized carbons (Fsp3) is 0.484. The maximum absolute atomic E-state index is 9.00. The van der Waals surface area contributed by atoms with Gasteiger partial charge in [-0.25, -0.2) is 29.3 Å². The lowest BCUT2D eigenvalue weighted by atomic mass is 9.90. The Balaban J connectivity index is 0.000000195. The number of rotatable bonds is 14. The molecule has 2 aromatic carbocycles. The molecule has 2 aliphatic carbocycles. The van der Waals surface area contributed by atoms with E-state index in [2.05, 4.69) is 113 Å². The Labute approximate surface area is 522 Å². The Bertz CT molecular complexity index is 3540. The summed E-state index contributed by atoms with van der Waals surface area (Å²) >= 11 is 1.73. The maximum atomic E-state index is 9.00. The number of thiophene rings is 1. The Morgan fingerprint density at radius 3 is 1.38 bits per heavy atom. The van der Waals surface area contributed by atoms with Gasteiger partial charge in [-0.3, -0.25) is 29.3 Å². The van der Waals surface area contributed by atoms with E-state index in [1.807, 2.05) is 37.4 Å². The van der Waals surface area contributed by atoms with Crippen molar-refractivity contribution in [1.29, 1.82) is 0 Å². The van der Waals surface area contributed by atoms with E-state index in [1.165, 1.54) is 56.7 Å². The minimum Gasteiger partial charge on any atom is -0.495 e. The molecule has 0 bridgehead atoms. The number of carbonyl (C=O) groups is 3. The summed E-state index contributed by atoms with van der Waals surface area (Å²) in [5.41, 5.74) is 21.9. The number of hydrogen-bond acceptors (Lipinski definition) is 21. The summed E-state index contributed by atoms with van der Waals surface area (Å²) in [5, 5.41) is 50.2. The molecule has 0 atom stereocenters. The van der Waals surface area contributed by atoms with Crippen molar-refractivity contribution in [1.82, 2.24) is 69.3 Å². The molecule has 0 radical (unpaired) electrons. The molecule has 6 aromatic heterocycles. The highest BCUT2D eigenvalue weighted by molar-refractivity contribution is 7.09. The number of carboxylic acids is 3. The quantitative estimate of drug-likeness (QED) is 0.0508. The molecule has 26 nitrogen and oxygen atoms in total. The number of piperazine rings is 2. The largest absolute Gasteiger partial charge is 0.495 e. The van der Waals surface area contributed by atoms with Gasteiger partial charge in [0.05, 0.1) is 54.6 Å².